The van der Waals surface area contributed by atoms with Crippen LogP contribution in [0.1, 0.15) is 52.2 Å². The van der Waals surface area contributed by atoms with Crippen molar-refractivity contribution in [3.63, 3.8) is 0 Å². The van der Waals surface area contributed by atoms with Crippen molar-refractivity contribution in [2.24, 2.45) is 0 Å². The van der Waals surface area contributed by atoms with Gasteiger partial charge < -0.3 is 30.1 Å². The first kappa shape index (κ1) is 35.1. The molecule has 0 aliphatic carbocycles. The number of rotatable bonds is 14. The summed E-state index contributed by atoms with van der Waals surface area (Å²) in [5.41, 5.74) is 0.574. The molecule has 0 heterocycles. The average molecular weight is 618 g/mol. The van der Waals surface area contributed by atoms with E-state index in [4.69, 9.17) is 14.6 Å². The molecule has 3 N–H and O–H groups in total. The molecule has 0 aromatic heterocycles. The molecule has 0 aliphatic heterocycles. The molecule has 242 valence electrons. The van der Waals surface area contributed by atoms with Crippen molar-refractivity contribution in [2.45, 2.75) is 71.1 Å². The molecule has 3 aromatic carbocycles. The largest absolute Gasteiger partial charge is 0.491 e. The molecule has 0 radical (unpaired) electrons. The highest BCUT2D eigenvalue weighted by atomic mass is 16.6. The average Bonchev–Trinajstić information content (AvgIpc) is 2.97. The molecule has 1 atom stereocenters. The molecular formula is C36H47N3O6. The van der Waals surface area contributed by atoms with E-state index in [9.17, 15) is 14.4 Å². The summed E-state index contributed by atoms with van der Waals surface area (Å²) in [6, 6.07) is 20.8. The van der Waals surface area contributed by atoms with E-state index in [0.29, 0.717) is 31.6 Å². The molecule has 0 saturated carbocycles. The Labute approximate surface area is 266 Å². The number of aliphatic hydroxyl groups excluding tert-OH is 1. The van der Waals surface area contributed by atoms with Crippen LogP contribution < -0.4 is 15.4 Å². The lowest BCUT2D eigenvalue weighted by Gasteiger charge is -2.27. The zero-order valence-corrected chi connectivity index (χ0v) is 27.3. The molecule has 9 heteroatoms. The SMILES string of the molecule is CN(CCc1ccccc1OCCO)C(=O)[C@@H](Cc1ccc2ccccc2c1)NC(=O)/C=C/CC(C)(C)NC(=O)OC(C)(C)C. The molecular weight excluding hydrogens is 570 g/mol. The molecule has 3 aromatic rings. The quantitative estimate of drug-likeness (QED) is 0.215. The zero-order valence-electron chi connectivity index (χ0n) is 27.3. The fraction of sp³-hybridized carbons (Fsp3) is 0.417. The minimum Gasteiger partial charge on any atom is -0.491 e. The predicted molar refractivity (Wildman–Crippen MR) is 177 cm³/mol. The fourth-order valence-electron chi connectivity index (χ4n) is 4.78. The maximum absolute atomic E-state index is 13.8. The first-order valence-electron chi connectivity index (χ1n) is 15.3. The second kappa shape index (κ2) is 16.1. The molecule has 0 spiro atoms. The molecule has 0 fully saturated rings. The lowest BCUT2D eigenvalue weighted by atomic mass is 10.00. The van der Waals surface area contributed by atoms with Crippen molar-refractivity contribution in [3.8, 4) is 5.75 Å². The van der Waals surface area contributed by atoms with Gasteiger partial charge in [0.05, 0.1) is 6.61 Å². The van der Waals surface area contributed by atoms with Crippen LogP contribution in [0.4, 0.5) is 4.79 Å². The third-order valence-electron chi connectivity index (χ3n) is 7.02. The number of benzene rings is 3. The molecule has 0 unspecified atom stereocenters. The highest BCUT2D eigenvalue weighted by Gasteiger charge is 2.26. The van der Waals surface area contributed by atoms with Crippen molar-refractivity contribution >= 4 is 28.7 Å². The number of nitrogens with one attached hydrogen (secondary N) is 2. The summed E-state index contributed by atoms with van der Waals surface area (Å²) in [6.45, 7) is 9.57. The Balaban J connectivity index is 1.71. The van der Waals surface area contributed by atoms with Gasteiger partial charge in [-0.05, 0) is 81.5 Å². The lowest BCUT2D eigenvalue weighted by Crippen LogP contribution is -2.48. The fourth-order valence-corrected chi connectivity index (χ4v) is 4.78. The van der Waals surface area contributed by atoms with E-state index in [1.54, 1.807) is 38.8 Å². The number of aliphatic hydroxyl groups is 1. The number of para-hydroxylation sites is 1. The molecule has 45 heavy (non-hydrogen) atoms. The number of amides is 3. The molecule has 3 amide bonds. The summed E-state index contributed by atoms with van der Waals surface area (Å²) in [7, 11) is 1.72. The maximum atomic E-state index is 13.8. The normalized spacial score (nSPS) is 12.5. The Bertz CT molecular complexity index is 1480. The Morgan fingerprint density at radius 3 is 2.36 bits per heavy atom. The summed E-state index contributed by atoms with van der Waals surface area (Å²) < 4.78 is 11.0. The van der Waals surface area contributed by atoms with Crippen LogP contribution in [-0.2, 0) is 27.2 Å². The third-order valence-corrected chi connectivity index (χ3v) is 7.02. The number of carbonyl (C=O) groups excluding carboxylic acids is 3. The molecule has 3 rings (SSSR count). The van der Waals surface area contributed by atoms with Crippen LogP contribution in [0.5, 0.6) is 5.75 Å². The number of nitrogens with zero attached hydrogens (tertiary/aromatic N) is 1. The van der Waals surface area contributed by atoms with Crippen LogP contribution in [-0.4, -0.2) is 71.9 Å². The van der Waals surface area contributed by atoms with E-state index in [1.165, 1.54) is 6.08 Å². The smallest absolute Gasteiger partial charge is 0.408 e. The minimum absolute atomic E-state index is 0.0882. The van der Waals surface area contributed by atoms with E-state index in [2.05, 4.69) is 10.6 Å². The summed E-state index contributed by atoms with van der Waals surface area (Å²) in [5, 5.41) is 17.0. The van der Waals surface area contributed by atoms with E-state index in [1.807, 2.05) is 80.6 Å². The topological polar surface area (TPSA) is 117 Å². The van der Waals surface area contributed by atoms with Crippen LogP contribution in [0.3, 0.4) is 0 Å². The van der Waals surface area contributed by atoms with Gasteiger partial charge in [-0.3, -0.25) is 9.59 Å². The van der Waals surface area contributed by atoms with Gasteiger partial charge in [-0.25, -0.2) is 4.79 Å². The van der Waals surface area contributed by atoms with Gasteiger partial charge in [-0.2, -0.15) is 0 Å². The van der Waals surface area contributed by atoms with E-state index >= 15 is 0 Å². The number of fused-ring (bicyclic) bond motifs is 1. The second-order valence-corrected chi connectivity index (χ2v) is 12.8. The number of carbonyl (C=O) groups is 3. The summed E-state index contributed by atoms with van der Waals surface area (Å²) in [4.78, 5) is 40.7. The highest BCUT2D eigenvalue weighted by molar-refractivity contribution is 5.93. The highest BCUT2D eigenvalue weighted by Crippen LogP contribution is 2.20. The Kier molecular flexibility index (Phi) is 12.6. The van der Waals surface area contributed by atoms with Crippen molar-refractivity contribution in [1.29, 1.82) is 0 Å². The Morgan fingerprint density at radius 1 is 0.956 bits per heavy atom. The standard InChI is InChI=1S/C36H47N3O6/c1-35(2,3)45-34(43)38-36(4,5)20-11-16-32(41)37-30(25-26-17-18-27-12-7-8-14-29(27)24-26)33(42)39(6)21-19-28-13-9-10-15-31(28)44-23-22-40/h7-18,24,30,40H,19-23,25H2,1-6H3,(H,37,41)(H,38,43)/b16-11+/t30-/m1/s1. The number of hydrogen-bond acceptors (Lipinski definition) is 6. The Hall–Kier alpha value is -4.37. The molecule has 0 aliphatic rings. The van der Waals surface area contributed by atoms with Gasteiger partial charge in [0.2, 0.25) is 11.8 Å². The van der Waals surface area contributed by atoms with Gasteiger partial charge in [0.25, 0.3) is 0 Å². The van der Waals surface area contributed by atoms with Gasteiger partial charge in [0, 0.05) is 25.6 Å². The number of hydrogen-bond donors (Lipinski definition) is 3. The van der Waals surface area contributed by atoms with Crippen LogP contribution in [0.2, 0.25) is 0 Å². The zero-order chi connectivity index (χ0) is 33.0. The monoisotopic (exact) mass is 617 g/mol. The van der Waals surface area contributed by atoms with E-state index < -0.39 is 29.2 Å². The lowest BCUT2D eigenvalue weighted by molar-refractivity contribution is -0.134. The molecule has 0 saturated heterocycles. The van der Waals surface area contributed by atoms with Crippen LogP contribution in [0.15, 0.2) is 78.9 Å². The van der Waals surface area contributed by atoms with Gasteiger partial charge in [0.1, 0.15) is 24.0 Å². The van der Waals surface area contributed by atoms with E-state index in [-0.39, 0.29) is 19.1 Å². The molecule has 0 bridgehead atoms. The van der Waals surface area contributed by atoms with E-state index in [0.717, 1.165) is 21.9 Å². The number of ether oxygens (including phenoxy) is 2. The third kappa shape index (κ3) is 11.9. The summed E-state index contributed by atoms with van der Waals surface area (Å²) >= 11 is 0. The summed E-state index contributed by atoms with van der Waals surface area (Å²) in [6.07, 6.45) is 3.78. The second-order valence-electron chi connectivity index (χ2n) is 12.8. The summed E-state index contributed by atoms with van der Waals surface area (Å²) in [5.74, 6) is 0.0478. The van der Waals surface area contributed by atoms with Gasteiger partial charge in [0.15, 0.2) is 0 Å². The van der Waals surface area contributed by atoms with Crippen LogP contribution >= 0.6 is 0 Å². The van der Waals surface area contributed by atoms with Crippen molar-refractivity contribution in [1.82, 2.24) is 15.5 Å². The van der Waals surface area contributed by atoms with Crippen molar-refractivity contribution in [3.05, 3.63) is 90.0 Å². The first-order valence-corrected chi connectivity index (χ1v) is 15.3. The van der Waals surface area contributed by atoms with Gasteiger partial charge in [-0.15, -0.1) is 0 Å². The predicted octanol–water partition coefficient (Wildman–Crippen LogP) is 5.19. The number of likely N-dealkylation sites (N-methyl/N-ethyl adjacent to an activating group) is 1. The van der Waals surface area contributed by atoms with Crippen LogP contribution in [0, 0.1) is 0 Å². The van der Waals surface area contributed by atoms with Crippen molar-refractivity contribution < 1.29 is 29.0 Å². The minimum atomic E-state index is -0.804. The van der Waals surface area contributed by atoms with Gasteiger partial charge >= 0.3 is 6.09 Å². The van der Waals surface area contributed by atoms with Gasteiger partial charge in [-0.1, -0.05) is 66.7 Å². The maximum Gasteiger partial charge on any atom is 0.408 e. The first-order chi connectivity index (χ1) is 21.3. The number of alkyl carbamates (subject to hydrolysis) is 1. The Morgan fingerprint density at radius 2 is 1.64 bits per heavy atom. The molecule has 9 nitrogen and oxygen atoms in total. The van der Waals surface area contributed by atoms with Crippen LogP contribution in [0.25, 0.3) is 10.8 Å². The van der Waals surface area contributed by atoms with Crippen molar-refractivity contribution in [2.75, 3.05) is 26.8 Å².